The molecule has 0 aliphatic heterocycles. The van der Waals surface area contributed by atoms with Gasteiger partial charge >= 0.3 is 0 Å². The van der Waals surface area contributed by atoms with E-state index in [4.69, 9.17) is 9.47 Å². The van der Waals surface area contributed by atoms with Gasteiger partial charge in [-0.2, -0.15) is 0 Å². The Hall–Kier alpha value is -4.04. The molecule has 1 aromatic heterocycles. The lowest BCUT2D eigenvalue weighted by molar-refractivity contribution is -0.111. The van der Waals surface area contributed by atoms with Gasteiger partial charge in [0.2, 0.25) is 5.91 Å². The fraction of sp³-hybridized carbons (Fsp3) is 0.192. The van der Waals surface area contributed by atoms with Crippen LogP contribution in [0.15, 0.2) is 73.1 Å². The van der Waals surface area contributed by atoms with Gasteiger partial charge in [-0.15, -0.1) is 0 Å². The summed E-state index contributed by atoms with van der Waals surface area (Å²) in [6, 6.07) is 14.4. The van der Waals surface area contributed by atoms with Crippen molar-refractivity contribution in [2.75, 3.05) is 25.1 Å². The van der Waals surface area contributed by atoms with Crippen LogP contribution in [0.3, 0.4) is 0 Å². The molecular weight excluding hydrogens is 437 g/mol. The van der Waals surface area contributed by atoms with E-state index in [0.717, 1.165) is 6.42 Å². The lowest BCUT2D eigenvalue weighted by Gasteiger charge is -2.08. The maximum Gasteiger partial charge on any atom is 0.251 e. The first-order valence-corrected chi connectivity index (χ1v) is 10.9. The summed E-state index contributed by atoms with van der Waals surface area (Å²) >= 11 is 0. The molecule has 0 aliphatic carbocycles. The number of halogens is 1. The Morgan fingerprint density at radius 3 is 2.76 bits per heavy atom. The van der Waals surface area contributed by atoms with E-state index < -0.39 is 11.7 Å². The molecular formula is C26H26FN3O4. The number of pyridine rings is 1. The Labute approximate surface area is 197 Å². The largest absolute Gasteiger partial charge is 0.453 e. The van der Waals surface area contributed by atoms with Crippen molar-refractivity contribution in [1.29, 1.82) is 0 Å². The smallest absolute Gasteiger partial charge is 0.251 e. The monoisotopic (exact) mass is 463 g/mol. The van der Waals surface area contributed by atoms with Crippen LogP contribution < -0.4 is 15.4 Å². The first kappa shape index (κ1) is 24.6. The predicted molar refractivity (Wildman–Crippen MR) is 128 cm³/mol. The molecule has 0 saturated carbocycles. The number of carbonyl (C=O) groups excluding carboxylic acids is 2. The average Bonchev–Trinajstić information content (AvgIpc) is 2.85. The fourth-order valence-corrected chi connectivity index (χ4v) is 2.95. The van der Waals surface area contributed by atoms with Gasteiger partial charge in [-0.1, -0.05) is 12.1 Å². The summed E-state index contributed by atoms with van der Waals surface area (Å²) in [5.74, 6) is -0.725. The number of benzene rings is 2. The highest BCUT2D eigenvalue weighted by Gasteiger charge is 2.08. The molecule has 0 unspecified atom stereocenters. The summed E-state index contributed by atoms with van der Waals surface area (Å²) in [7, 11) is 0. The second-order valence-corrected chi connectivity index (χ2v) is 7.19. The zero-order valence-corrected chi connectivity index (χ0v) is 18.8. The Morgan fingerprint density at radius 2 is 2.00 bits per heavy atom. The van der Waals surface area contributed by atoms with Crippen molar-refractivity contribution < 1.29 is 23.5 Å². The van der Waals surface area contributed by atoms with Crippen molar-refractivity contribution in [2.24, 2.45) is 0 Å². The van der Waals surface area contributed by atoms with Gasteiger partial charge in [0, 0.05) is 43.3 Å². The molecule has 0 saturated heterocycles. The van der Waals surface area contributed by atoms with Gasteiger partial charge in [-0.05, 0) is 67.4 Å². The van der Waals surface area contributed by atoms with Crippen LogP contribution in [0.4, 0.5) is 10.1 Å². The quantitative estimate of drug-likeness (QED) is 0.314. The molecule has 0 bridgehead atoms. The zero-order valence-electron chi connectivity index (χ0n) is 18.8. The highest BCUT2D eigenvalue weighted by molar-refractivity contribution is 6.03. The van der Waals surface area contributed by atoms with Gasteiger partial charge in [0.05, 0.1) is 6.20 Å². The second kappa shape index (κ2) is 12.9. The minimum absolute atomic E-state index is 0.0579. The molecule has 176 valence electrons. The average molecular weight is 464 g/mol. The Morgan fingerprint density at radius 1 is 1.12 bits per heavy atom. The minimum Gasteiger partial charge on any atom is -0.453 e. The first-order valence-electron chi connectivity index (χ1n) is 10.9. The van der Waals surface area contributed by atoms with Crippen molar-refractivity contribution in [2.45, 2.75) is 13.3 Å². The van der Waals surface area contributed by atoms with Gasteiger partial charge in [-0.3, -0.25) is 14.6 Å². The summed E-state index contributed by atoms with van der Waals surface area (Å²) in [6.45, 7) is 3.65. The van der Waals surface area contributed by atoms with Crippen molar-refractivity contribution in [3.63, 3.8) is 0 Å². The topological polar surface area (TPSA) is 89.6 Å². The van der Waals surface area contributed by atoms with Crippen LogP contribution in [0.5, 0.6) is 11.5 Å². The number of amides is 2. The molecule has 0 fully saturated rings. The van der Waals surface area contributed by atoms with E-state index in [-0.39, 0.29) is 11.7 Å². The van der Waals surface area contributed by atoms with Gasteiger partial charge in [0.1, 0.15) is 5.75 Å². The minimum atomic E-state index is -0.564. The Kier molecular flexibility index (Phi) is 9.30. The maximum absolute atomic E-state index is 14.4. The molecule has 7 nitrogen and oxygen atoms in total. The molecule has 0 atom stereocenters. The molecule has 3 rings (SSSR count). The third-order valence-electron chi connectivity index (χ3n) is 4.59. The van der Waals surface area contributed by atoms with Gasteiger partial charge in [-0.25, -0.2) is 4.39 Å². The van der Waals surface area contributed by atoms with Crippen LogP contribution in [-0.4, -0.2) is 36.6 Å². The fourth-order valence-electron chi connectivity index (χ4n) is 2.95. The Balaban J connectivity index is 1.54. The van der Waals surface area contributed by atoms with Crippen LogP contribution >= 0.6 is 0 Å². The molecule has 8 heteroatoms. The van der Waals surface area contributed by atoms with Crippen LogP contribution in [0, 0.1) is 5.82 Å². The standard InChI is InChI=1S/C26H26FN3O4/c1-2-33-15-5-14-29-26(32)20-6-3-7-21(17-20)30-25(31)12-10-19-9-11-24(23(27)16-19)34-22-8-4-13-28-18-22/h3-4,6-13,16-18H,2,5,14-15H2,1H3,(H,29,32)(H,30,31)/b12-10+. The number of carbonyl (C=O) groups is 2. The third kappa shape index (κ3) is 7.83. The number of rotatable bonds is 11. The van der Waals surface area contributed by atoms with Crippen molar-refractivity contribution in [1.82, 2.24) is 10.3 Å². The molecule has 2 amide bonds. The number of hydrogen-bond acceptors (Lipinski definition) is 5. The molecule has 34 heavy (non-hydrogen) atoms. The van der Waals surface area contributed by atoms with E-state index in [1.165, 1.54) is 30.5 Å². The first-order chi connectivity index (χ1) is 16.5. The molecule has 0 spiro atoms. The summed E-state index contributed by atoms with van der Waals surface area (Å²) in [5.41, 5.74) is 1.40. The number of anilines is 1. The number of hydrogen-bond donors (Lipinski definition) is 2. The summed E-state index contributed by atoms with van der Waals surface area (Å²) in [5, 5.41) is 5.51. The summed E-state index contributed by atoms with van der Waals surface area (Å²) in [4.78, 5) is 28.5. The Bertz CT molecular complexity index is 1140. The van der Waals surface area contributed by atoms with E-state index in [9.17, 15) is 14.0 Å². The summed E-state index contributed by atoms with van der Waals surface area (Å²) in [6.07, 6.45) is 6.58. The number of nitrogens with one attached hydrogen (secondary N) is 2. The maximum atomic E-state index is 14.4. The second-order valence-electron chi connectivity index (χ2n) is 7.19. The van der Waals surface area contributed by atoms with E-state index >= 15 is 0 Å². The van der Waals surface area contributed by atoms with Crippen molar-refractivity contribution in [3.8, 4) is 11.5 Å². The van der Waals surface area contributed by atoms with Gasteiger partial charge < -0.3 is 20.1 Å². The van der Waals surface area contributed by atoms with Crippen LogP contribution in [0.2, 0.25) is 0 Å². The van der Waals surface area contributed by atoms with E-state index in [1.807, 2.05) is 6.92 Å². The SMILES string of the molecule is CCOCCCNC(=O)c1cccc(NC(=O)/C=C/c2ccc(Oc3cccnc3)c(F)c2)c1. The number of ether oxygens (including phenoxy) is 2. The van der Waals surface area contributed by atoms with Gasteiger partial charge in [0.25, 0.3) is 5.91 Å². The number of aromatic nitrogens is 1. The molecule has 0 radical (unpaired) electrons. The van der Waals surface area contributed by atoms with Gasteiger partial charge in [0.15, 0.2) is 11.6 Å². The van der Waals surface area contributed by atoms with Crippen LogP contribution in [0.25, 0.3) is 6.08 Å². The molecule has 0 aliphatic rings. The third-order valence-corrected chi connectivity index (χ3v) is 4.59. The van der Waals surface area contributed by atoms with Crippen LogP contribution in [-0.2, 0) is 9.53 Å². The number of nitrogens with zero attached hydrogens (tertiary/aromatic N) is 1. The van der Waals surface area contributed by atoms with E-state index in [1.54, 1.807) is 48.7 Å². The predicted octanol–water partition coefficient (Wildman–Crippen LogP) is 4.82. The normalized spacial score (nSPS) is 10.8. The molecule has 2 aromatic carbocycles. The molecule has 1 heterocycles. The van der Waals surface area contributed by atoms with E-state index in [0.29, 0.717) is 42.3 Å². The van der Waals surface area contributed by atoms with Crippen molar-refractivity contribution >= 4 is 23.6 Å². The molecule has 3 aromatic rings. The molecule has 2 N–H and O–H groups in total. The lowest BCUT2D eigenvalue weighted by Crippen LogP contribution is -2.25. The highest BCUT2D eigenvalue weighted by atomic mass is 19.1. The van der Waals surface area contributed by atoms with E-state index in [2.05, 4.69) is 15.6 Å². The highest BCUT2D eigenvalue weighted by Crippen LogP contribution is 2.24. The lowest BCUT2D eigenvalue weighted by atomic mass is 10.1. The zero-order chi connectivity index (χ0) is 24.2. The van der Waals surface area contributed by atoms with Crippen LogP contribution in [0.1, 0.15) is 29.3 Å². The van der Waals surface area contributed by atoms with Crippen molar-refractivity contribution in [3.05, 3.63) is 90.0 Å². The summed E-state index contributed by atoms with van der Waals surface area (Å²) < 4.78 is 25.1.